The molecule has 2 aromatic rings. The minimum absolute atomic E-state index is 0.0503. The number of hydrogen-bond acceptors (Lipinski definition) is 4. The molecule has 0 radical (unpaired) electrons. The second-order valence-electron chi connectivity index (χ2n) is 7.28. The van der Waals surface area contributed by atoms with Crippen LogP contribution in [0.1, 0.15) is 33.1 Å². The summed E-state index contributed by atoms with van der Waals surface area (Å²) >= 11 is 0. The second-order valence-corrected chi connectivity index (χ2v) is 8.96. The van der Waals surface area contributed by atoms with Crippen molar-refractivity contribution in [3.63, 3.8) is 0 Å². The average molecular weight is 390 g/mol. The number of nitrogens with two attached hydrogens (primary N) is 1. The number of piperidine rings is 1. The normalized spacial score (nSPS) is 20.7. The highest BCUT2D eigenvalue weighted by molar-refractivity contribution is 7.89. The molecule has 1 aliphatic rings. The number of amides is 1. The Morgan fingerprint density at radius 3 is 2.59 bits per heavy atom. The van der Waals surface area contributed by atoms with Crippen molar-refractivity contribution in [3.8, 4) is 0 Å². The van der Waals surface area contributed by atoms with Crippen LogP contribution in [0.3, 0.4) is 0 Å². The summed E-state index contributed by atoms with van der Waals surface area (Å²) < 4.78 is 29.0. The van der Waals surface area contributed by atoms with Crippen molar-refractivity contribution >= 4 is 32.4 Å². The van der Waals surface area contributed by atoms with Gasteiger partial charge in [-0.2, -0.15) is 0 Å². The highest BCUT2D eigenvalue weighted by Crippen LogP contribution is 2.28. The predicted molar refractivity (Wildman–Crippen MR) is 108 cm³/mol. The van der Waals surface area contributed by atoms with Crippen molar-refractivity contribution in [1.82, 2.24) is 9.62 Å². The van der Waals surface area contributed by atoms with Gasteiger partial charge in [0, 0.05) is 42.0 Å². The molecule has 0 aliphatic carbocycles. The first-order chi connectivity index (χ1) is 12.8. The van der Waals surface area contributed by atoms with E-state index in [9.17, 15) is 13.2 Å². The molecule has 3 N–H and O–H groups in total. The molecule has 27 heavy (non-hydrogen) atoms. The van der Waals surface area contributed by atoms with E-state index < -0.39 is 10.0 Å². The molecule has 2 unspecified atom stereocenters. The van der Waals surface area contributed by atoms with Gasteiger partial charge in [-0.3, -0.25) is 4.79 Å². The zero-order valence-corrected chi connectivity index (χ0v) is 16.6. The number of anilines is 1. The smallest absolute Gasteiger partial charge is 0.241 e. The molecule has 0 aromatic heterocycles. The van der Waals surface area contributed by atoms with Crippen LogP contribution < -0.4 is 10.5 Å². The van der Waals surface area contributed by atoms with Gasteiger partial charge in [0.1, 0.15) is 0 Å². The van der Waals surface area contributed by atoms with Gasteiger partial charge in [0.15, 0.2) is 0 Å². The van der Waals surface area contributed by atoms with Gasteiger partial charge in [-0.15, -0.1) is 0 Å². The van der Waals surface area contributed by atoms with Crippen LogP contribution in [0.4, 0.5) is 5.69 Å². The number of fused-ring (bicyclic) bond motifs is 1. The summed E-state index contributed by atoms with van der Waals surface area (Å²) in [4.78, 5) is 14.2. The standard InChI is InChI=1S/C20H27N3O3S/c1-3-6-20(24)23-12-11-18(14(2)13-23)22-27(25,26)19-10-9-17(21)15-7-4-5-8-16(15)19/h4-5,7-10,14,18,22H,3,6,11-13,21H2,1-2H3. The second kappa shape index (κ2) is 7.86. The number of hydrogen-bond donors (Lipinski definition) is 2. The van der Waals surface area contributed by atoms with E-state index in [0.29, 0.717) is 37.0 Å². The first kappa shape index (κ1) is 19.6. The van der Waals surface area contributed by atoms with Gasteiger partial charge >= 0.3 is 0 Å². The molecule has 1 saturated heterocycles. The molecule has 3 rings (SSSR count). The maximum absolute atomic E-state index is 13.1. The number of nitrogen functional groups attached to an aromatic ring is 1. The largest absolute Gasteiger partial charge is 0.398 e. The lowest BCUT2D eigenvalue weighted by atomic mass is 9.94. The number of sulfonamides is 1. The van der Waals surface area contributed by atoms with Crippen LogP contribution in [0.25, 0.3) is 10.8 Å². The van der Waals surface area contributed by atoms with Gasteiger partial charge in [-0.05, 0) is 30.9 Å². The fourth-order valence-corrected chi connectivity index (χ4v) is 5.30. The molecule has 6 nitrogen and oxygen atoms in total. The number of likely N-dealkylation sites (tertiary alicyclic amines) is 1. The quantitative estimate of drug-likeness (QED) is 0.769. The first-order valence-corrected chi connectivity index (χ1v) is 10.9. The van der Waals surface area contributed by atoms with E-state index in [1.54, 1.807) is 24.3 Å². The minimum atomic E-state index is -3.69. The van der Waals surface area contributed by atoms with Crippen LogP contribution >= 0.6 is 0 Å². The van der Waals surface area contributed by atoms with Crippen LogP contribution in [0.5, 0.6) is 0 Å². The molecule has 0 saturated carbocycles. The van der Waals surface area contributed by atoms with Crippen LogP contribution in [0, 0.1) is 5.92 Å². The number of nitrogens with zero attached hydrogens (tertiary/aromatic N) is 1. The topological polar surface area (TPSA) is 92.5 Å². The molecule has 1 fully saturated rings. The van der Waals surface area contributed by atoms with E-state index >= 15 is 0 Å². The predicted octanol–water partition coefficient (Wildman–Crippen LogP) is 2.74. The summed E-state index contributed by atoms with van der Waals surface area (Å²) in [6, 6.07) is 10.2. The highest BCUT2D eigenvalue weighted by atomic mass is 32.2. The third kappa shape index (κ3) is 4.09. The third-order valence-electron chi connectivity index (χ3n) is 5.24. The third-order valence-corrected chi connectivity index (χ3v) is 6.78. The Bertz CT molecular complexity index is 943. The first-order valence-electron chi connectivity index (χ1n) is 9.40. The van der Waals surface area contributed by atoms with E-state index in [1.165, 1.54) is 0 Å². The van der Waals surface area contributed by atoms with Crippen molar-refractivity contribution in [3.05, 3.63) is 36.4 Å². The van der Waals surface area contributed by atoms with Crippen molar-refractivity contribution in [2.45, 2.75) is 44.0 Å². The Kier molecular flexibility index (Phi) is 5.72. The average Bonchev–Trinajstić information content (AvgIpc) is 2.63. The van der Waals surface area contributed by atoms with Gasteiger partial charge in [0.25, 0.3) is 0 Å². The van der Waals surface area contributed by atoms with Crippen molar-refractivity contribution in [2.75, 3.05) is 18.8 Å². The van der Waals surface area contributed by atoms with Crippen molar-refractivity contribution in [1.29, 1.82) is 0 Å². The Hall–Kier alpha value is -2.12. The summed E-state index contributed by atoms with van der Waals surface area (Å²) in [5.74, 6) is 0.199. The summed E-state index contributed by atoms with van der Waals surface area (Å²) in [5, 5.41) is 1.35. The molecular weight excluding hydrogens is 362 g/mol. The molecule has 7 heteroatoms. The Morgan fingerprint density at radius 1 is 1.22 bits per heavy atom. The van der Waals surface area contributed by atoms with Gasteiger partial charge in [-0.25, -0.2) is 13.1 Å². The Labute approximate surface area is 160 Å². The van der Waals surface area contributed by atoms with Crippen molar-refractivity contribution < 1.29 is 13.2 Å². The number of rotatable bonds is 5. The van der Waals surface area contributed by atoms with Crippen LogP contribution in [0.15, 0.2) is 41.3 Å². The summed E-state index contributed by atoms with van der Waals surface area (Å²) in [7, 11) is -3.69. The Morgan fingerprint density at radius 2 is 1.93 bits per heavy atom. The molecule has 146 valence electrons. The monoisotopic (exact) mass is 389 g/mol. The van der Waals surface area contributed by atoms with E-state index in [1.807, 2.05) is 30.9 Å². The van der Waals surface area contributed by atoms with Crippen LogP contribution in [-0.4, -0.2) is 38.4 Å². The molecule has 0 spiro atoms. The van der Waals surface area contributed by atoms with Crippen molar-refractivity contribution in [2.24, 2.45) is 5.92 Å². The van der Waals surface area contributed by atoms with Gasteiger partial charge in [-0.1, -0.05) is 38.1 Å². The number of carbonyl (C=O) groups is 1. The SMILES string of the molecule is CCCC(=O)N1CCC(NS(=O)(=O)c2ccc(N)c3ccccc23)C(C)C1. The molecule has 1 amide bonds. The zero-order chi connectivity index (χ0) is 19.6. The molecule has 0 bridgehead atoms. The number of nitrogens with one attached hydrogen (secondary N) is 1. The van der Waals surface area contributed by atoms with Gasteiger partial charge in [0.2, 0.25) is 15.9 Å². The fourth-order valence-electron chi connectivity index (χ4n) is 3.71. The molecule has 2 atom stereocenters. The summed E-state index contributed by atoms with van der Waals surface area (Å²) in [6.45, 7) is 5.13. The molecule has 2 aromatic carbocycles. The minimum Gasteiger partial charge on any atom is -0.398 e. The maximum atomic E-state index is 13.1. The highest BCUT2D eigenvalue weighted by Gasteiger charge is 2.32. The Balaban J connectivity index is 1.80. The number of benzene rings is 2. The number of carbonyl (C=O) groups excluding carboxylic acids is 1. The van der Waals surface area contributed by atoms with E-state index in [2.05, 4.69) is 4.72 Å². The van der Waals surface area contributed by atoms with E-state index in [4.69, 9.17) is 5.73 Å². The van der Waals surface area contributed by atoms with Gasteiger partial charge < -0.3 is 10.6 Å². The summed E-state index contributed by atoms with van der Waals surface area (Å²) in [5.41, 5.74) is 6.55. The maximum Gasteiger partial charge on any atom is 0.241 e. The summed E-state index contributed by atoms with van der Waals surface area (Å²) in [6.07, 6.45) is 1.98. The lowest BCUT2D eigenvalue weighted by Crippen LogP contribution is -2.51. The zero-order valence-electron chi connectivity index (χ0n) is 15.8. The lowest BCUT2D eigenvalue weighted by molar-refractivity contribution is -0.133. The lowest BCUT2D eigenvalue weighted by Gasteiger charge is -2.37. The van der Waals surface area contributed by atoms with E-state index in [-0.39, 0.29) is 22.8 Å². The van der Waals surface area contributed by atoms with Crippen LogP contribution in [0.2, 0.25) is 0 Å². The van der Waals surface area contributed by atoms with Crippen LogP contribution in [-0.2, 0) is 14.8 Å². The molecule has 1 heterocycles. The van der Waals surface area contributed by atoms with E-state index in [0.717, 1.165) is 11.8 Å². The van der Waals surface area contributed by atoms with Gasteiger partial charge in [0.05, 0.1) is 4.90 Å². The molecular formula is C20H27N3O3S. The fraction of sp³-hybridized carbons (Fsp3) is 0.450. The molecule has 1 aliphatic heterocycles.